The van der Waals surface area contributed by atoms with Crippen molar-refractivity contribution < 1.29 is 9.90 Å². The second kappa shape index (κ2) is 3.99. The van der Waals surface area contributed by atoms with Crippen molar-refractivity contribution in [2.45, 2.75) is 13.8 Å². The van der Waals surface area contributed by atoms with Gasteiger partial charge < -0.3 is 5.11 Å². The van der Waals surface area contributed by atoms with Crippen LogP contribution in [0, 0.1) is 13.8 Å². The first-order chi connectivity index (χ1) is 8.93. The topological polar surface area (TPSA) is 37.3 Å². The number of ketones is 1. The van der Waals surface area contributed by atoms with Crippen molar-refractivity contribution >= 4 is 29.0 Å². The van der Waals surface area contributed by atoms with E-state index in [9.17, 15) is 9.90 Å². The first kappa shape index (κ1) is 12.5. The zero-order chi connectivity index (χ0) is 13.9. The largest absolute Gasteiger partial charge is 0.507 e. The van der Waals surface area contributed by atoms with Crippen molar-refractivity contribution in [2.75, 3.05) is 0 Å². The quantitative estimate of drug-likeness (QED) is 0.661. The van der Waals surface area contributed by atoms with Crippen LogP contribution in [0.2, 0.25) is 10.0 Å². The molecule has 4 heteroatoms. The molecule has 2 nitrogen and oxygen atoms in total. The fourth-order valence-corrected chi connectivity index (χ4v) is 2.99. The van der Waals surface area contributed by atoms with Crippen LogP contribution in [0.15, 0.2) is 18.2 Å². The van der Waals surface area contributed by atoms with Gasteiger partial charge in [-0.25, -0.2) is 0 Å². The number of rotatable bonds is 0. The predicted molar refractivity (Wildman–Crippen MR) is 76.5 cm³/mol. The Morgan fingerprint density at radius 1 is 1.00 bits per heavy atom. The lowest BCUT2D eigenvalue weighted by Crippen LogP contribution is -1.98. The van der Waals surface area contributed by atoms with Gasteiger partial charge >= 0.3 is 0 Å². The van der Waals surface area contributed by atoms with Gasteiger partial charge in [0.15, 0.2) is 5.78 Å². The van der Waals surface area contributed by atoms with E-state index in [2.05, 4.69) is 0 Å². The lowest BCUT2D eigenvalue weighted by atomic mass is 9.98. The third-order valence-electron chi connectivity index (χ3n) is 3.68. The van der Waals surface area contributed by atoms with Crippen molar-refractivity contribution in [1.29, 1.82) is 0 Å². The normalized spacial score (nSPS) is 12.5. The van der Waals surface area contributed by atoms with Gasteiger partial charge in [0.25, 0.3) is 0 Å². The van der Waals surface area contributed by atoms with E-state index < -0.39 is 0 Å². The van der Waals surface area contributed by atoms with Gasteiger partial charge in [-0.2, -0.15) is 0 Å². The summed E-state index contributed by atoms with van der Waals surface area (Å²) in [5.74, 6) is -0.218. The highest BCUT2D eigenvalue weighted by atomic mass is 35.5. The fraction of sp³-hybridized carbons (Fsp3) is 0.133. The van der Waals surface area contributed by atoms with E-state index in [1.807, 2.05) is 6.92 Å². The molecule has 1 aliphatic carbocycles. The molecular formula is C15H10Cl2O2. The van der Waals surface area contributed by atoms with Crippen LogP contribution < -0.4 is 0 Å². The number of carbonyl (C=O) groups excluding carboxylic acids is 1. The molecule has 0 unspecified atom stereocenters. The van der Waals surface area contributed by atoms with Gasteiger partial charge in [0, 0.05) is 16.1 Å². The number of hydrogen-bond donors (Lipinski definition) is 1. The van der Waals surface area contributed by atoms with Crippen LogP contribution in [0.25, 0.3) is 11.1 Å². The Morgan fingerprint density at radius 2 is 1.68 bits per heavy atom. The molecule has 0 saturated carbocycles. The van der Waals surface area contributed by atoms with E-state index in [-0.39, 0.29) is 17.1 Å². The summed E-state index contributed by atoms with van der Waals surface area (Å²) < 4.78 is 0. The average molecular weight is 293 g/mol. The van der Waals surface area contributed by atoms with Crippen LogP contribution >= 0.6 is 23.2 Å². The van der Waals surface area contributed by atoms with Gasteiger partial charge in [0.1, 0.15) is 5.75 Å². The van der Waals surface area contributed by atoms with Crippen molar-refractivity contribution in [3.05, 3.63) is 50.5 Å². The van der Waals surface area contributed by atoms with Crippen LogP contribution in [-0.2, 0) is 0 Å². The summed E-state index contributed by atoms with van der Waals surface area (Å²) in [6.07, 6.45) is 0. The van der Waals surface area contributed by atoms with Crippen LogP contribution in [0.5, 0.6) is 5.75 Å². The maximum Gasteiger partial charge on any atom is 0.198 e. The highest BCUT2D eigenvalue weighted by Gasteiger charge is 2.33. The Bertz CT molecular complexity index is 749. The molecule has 0 heterocycles. The zero-order valence-corrected chi connectivity index (χ0v) is 11.9. The van der Waals surface area contributed by atoms with Crippen molar-refractivity contribution in [3.63, 3.8) is 0 Å². The lowest BCUT2D eigenvalue weighted by molar-refractivity contribution is 0.104. The minimum absolute atomic E-state index is 0.00854. The lowest BCUT2D eigenvalue weighted by Gasteiger charge is -2.12. The van der Waals surface area contributed by atoms with Crippen LogP contribution in [-0.4, -0.2) is 10.9 Å². The van der Waals surface area contributed by atoms with Crippen LogP contribution in [0.1, 0.15) is 27.0 Å². The number of aromatic hydroxyl groups is 1. The molecule has 2 aromatic rings. The summed E-state index contributed by atoms with van der Waals surface area (Å²) in [4.78, 5) is 12.4. The minimum Gasteiger partial charge on any atom is -0.507 e. The molecule has 3 rings (SSSR count). The average Bonchev–Trinajstić information content (AvgIpc) is 2.67. The van der Waals surface area contributed by atoms with Crippen LogP contribution in [0.4, 0.5) is 0 Å². The Morgan fingerprint density at radius 3 is 2.37 bits per heavy atom. The molecule has 0 aliphatic heterocycles. The van der Waals surface area contributed by atoms with Crippen molar-refractivity contribution in [3.8, 4) is 16.9 Å². The number of fused-ring (bicyclic) bond motifs is 3. The molecule has 0 bridgehead atoms. The molecular weight excluding hydrogens is 283 g/mol. The highest BCUT2D eigenvalue weighted by Crippen LogP contribution is 2.48. The third-order valence-corrected chi connectivity index (χ3v) is 4.38. The summed E-state index contributed by atoms with van der Waals surface area (Å²) >= 11 is 12.3. The Hall–Kier alpha value is -1.51. The monoisotopic (exact) mass is 292 g/mol. The molecule has 1 N–H and O–H groups in total. The van der Waals surface area contributed by atoms with E-state index in [4.69, 9.17) is 23.2 Å². The van der Waals surface area contributed by atoms with Gasteiger partial charge in [-0.05, 0) is 42.7 Å². The van der Waals surface area contributed by atoms with Gasteiger partial charge in [0.05, 0.1) is 10.6 Å². The van der Waals surface area contributed by atoms with Crippen molar-refractivity contribution in [2.24, 2.45) is 0 Å². The summed E-state index contributed by atoms with van der Waals surface area (Å²) in [6.45, 7) is 3.58. The van der Waals surface area contributed by atoms with Gasteiger partial charge in [0.2, 0.25) is 0 Å². The molecule has 96 valence electrons. The molecule has 1 aliphatic rings. The first-order valence-corrected chi connectivity index (χ1v) is 6.55. The molecule has 0 atom stereocenters. The summed E-state index contributed by atoms with van der Waals surface area (Å²) in [7, 11) is 0. The zero-order valence-electron chi connectivity index (χ0n) is 10.3. The van der Waals surface area contributed by atoms with E-state index in [0.717, 1.165) is 11.1 Å². The molecule has 0 fully saturated rings. The Labute approximate surface area is 120 Å². The molecule has 19 heavy (non-hydrogen) atoms. The highest BCUT2D eigenvalue weighted by molar-refractivity contribution is 6.38. The molecule has 0 radical (unpaired) electrons. The van der Waals surface area contributed by atoms with Gasteiger partial charge in [-0.1, -0.05) is 29.3 Å². The maximum absolute atomic E-state index is 12.4. The second-order valence-electron chi connectivity index (χ2n) is 4.68. The second-order valence-corrected chi connectivity index (χ2v) is 5.50. The molecule has 0 aromatic heterocycles. The smallest absolute Gasteiger partial charge is 0.198 e. The van der Waals surface area contributed by atoms with E-state index in [0.29, 0.717) is 26.7 Å². The molecule has 0 saturated heterocycles. The molecule has 2 aromatic carbocycles. The summed E-state index contributed by atoms with van der Waals surface area (Å²) in [5.41, 5.74) is 3.53. The predicted octanol–water partition coefficient (Wildman–Crippen LogP) is 4.53. The SMILES string of the molecule is Cc1c(C)c(Cl)c2c(c1O)C(=O)c1cc(Cl)ccc1-2. The third kappa shape index (κ3) is 1.54. The Kier molecular flexibility index (Phi) is 2.63. The molecule has 0 spiro atoms. The first-order valence-electron chi connectivity index (χ1n) is 5.79. The number of hydrogen-bond acceptors (Lipinski definition) is 2. The number of halogens is 2. The standard InChI is InChI=1S/C15H10Cl2O2/c1-6-7(2)14(18)12-11(13(6)17)9-4-3-8(16)5-10(9)15(12)19/h3-5,18H,1-2H3. The van der Waals surface area contributed by atoms with Gasteiger partial charge in [-0.3, -0.25) is 4.79 Å². The summed E-state index contributed by atoms with van der Waals surface area (Å²) in [5, 5.41) is 11.2. The maximum atomic E-state index is 12.4. The van der Waals surface area contributed by atoms with Gasteiger partial charge in [-0.15, -0.1) is 0 Å². The number of phenols is 1. The number of benzene rings is 2. The van der Waals surface area contributed by atoms with Crippen molar-refractivity contribution in [1.82, 2.24) is 0 Å². The Balaban J connectivity index is 2.47. The van der Waals surface area contributed by atoms with E-state index >= 15 is 0 Å². The van der Waals surface area contributed by atoms with E-state index in [1.54, 1.807) is 25.1 Å². The summed E-state index contributed by atoms with van der Waals surface area (Å²) in [6, 6.07) is 5.09. The fourth-order valence-electron chi connectivity index (χ4n) is 2.48. The minimum atomic E-state index is -0.227. The number of carbonyl (C=O) groups is 1. The molecule has 0 amide bonds. The van der Waals surface area contributed by atoms with E-state index in [1.165, 1.54) is 0 Å². The number of phenolic OH excluding ortho intramolecular Hbond substituents is 1. The van der Waals surface area contributed by atoms with Crippen LogP contribution in [0.3, 0.4) is 0 Å².